The molecule has 3 aromatic rings. The zero-order chi connectivity index (χ0) is 18.4. The van der Waals surface area contributed by atoms with Gasteiger partial charge >= 0.3 is 0 Å². The number of rotatable bonds is 7. The molecule has 0 saturated heterocycles. The molecule has 0 aliphatic heterocycles. The Balaban J connectivity index is 1.89. The van der Waals surface area contributed by atoms with E-state index in [-0.39, 0.29) is 12.4 Å². The molecule has 0 saturated carbocycles. The lowest BCUT2D eigenvalue weighted by Crippen LogP contribution is -2.23. The molecule has 1 aromatic heterocycles. The summed E-state index contributed by atoms with van der Waals surface area (Å²) in [7, 11) is 1.77. The fraction of sp³-hybridized carbons (Fsp3) is 0.200. The molecule has 0 atom stereocenters. The van der Waals surface area contributed by atoms with Gasteiger partial charge in [0, 0.05) is 43.8 Å². The number of hydrogen-bond donors (Lipinski definition) is 2. The Bertz CT molecular complexity index is 837. The molecule has 0 radical (unpaired) electrons. The van der Waals surface area contributed by atoms with Gasteiger partial charge in [-0.15, -0.1) is 0 Å². The SMILES string of the molecule is CNc1ncc(CN(Cc2ccccc2CO)c2ccc(F)cc2)cn1. The van der Waals surface area contributed by atoms with Gasteiger partial charge in [-0.3, -0.25) is 0 Å². The van der Waals surface area contributed by atoms with Crippen molar-refractivity contribution in [3.05, 3.63) is 83.4 Å². The van der Waals surface area contributed by atoms with Gasteiger partial charge in [-0.1, -0.05) is 24.3 Å². The summed E-state index contributed by atoms with van der Waals surface area (Å²) in [5.74, 6) is 0.291. The summed E-state index contributed by atoms with van der Waals surface area (Å²) < 4.78 is 13.3. The minimum atomic E-state index is -0.272. The largest absolute Gasteiger partial charge is 0.392 e. The van der Waals surface area contributed by atoms with Crippen molar-refractivity contribution in [1.82, 2.24) is 9.97 Å². The molecule has 0 aliphatic rings. The van der Waals surface area contributed by atoms with Gasteiger partial charge in [-0.05, 0) is 35.4 Å². The molecular formula is C20H21FN4O. The first-order valence-corrected chi connectivity index (χ1v) is 8.36. The van der Waals surface area contributed by atoms with Gasteiger partial charge in [-0.25, -0.2) is 14.4 Å². The number of aromatic nitrogens is 2. The topological polar surface area (TPSA) is 61.3 Å². The maximum Gasteiger partial charge on any atom is 0.222 e. The number of hydrogen-bond acceptors (Lipinski definition) is 5. The summed E-state index contributed by atoms with van der Waals surface area (Å²) in [6, 6.07) is 14.1. The number of anilines is 2. The van der Waals surface area contributed by atoms with Crippen LogP contribution in [-0.4, -0.2) is 22.1 Å². The maximum atomic E-state index is 13.3. The van der Waals surface area contributed by atoms with E-state index >= 15 is 0 Å². The van der Waals surface area contributed by atoms with Crippen molar-refractivity contribution < 1.29 is 9.50 Å². The van der Waals surface area contributed by atoms with Crippen molar-refractivity contribution in [2.45, 2.75) is 19.7 Å². The number of aliphatic hydroxyl groups excluding tert-OH is 1. The van der Waals surface area contributed by atoms with E-state index in [1.807, 2.05) is 24.3 Å². The van der Waals surface area contributed by atoms with Crippen molar-refractivity contribution >= 4 is 11.6 Å². The monoisotopic (exact) mass is 352 g/mol. The molecule has 0 spiro atoms. The van der Waals surface area contributed by atoms with E-state index in [4.69, 9.17) is 0 Å². The second-order valence-electron chi connectivity index (χ2n) is 5.92. The van der Waals surface area contributed by atoms with Gasteiger partial charge < -0.3 is 15.3 Å². The Kier molecular flexibility index (Phi) is 5.76. The minimum absolute atomic E-state index is 0.0204. The van der Waals surface area contributed by atoms with Crippen LogP contribution in [0.15, 0.2) is 60.9 Å². The second-order valence-corrected chi connectivity index (χ2v) is 5.92. The first-order chi connectivity index (χ1) is 12.7. The van der Waals surface area contributed by atoms with E-state index in [9.17, 15) is 9.50 Å². The Hall–Kier alpha value is -2.99. The van der Waals surface area contributed by atoms with E-state index in [0.717, 1.165) is 22.4 Å². The van der Waals surface area contributed by atoms with Crippen LogP contribution >= 0.6 is 0 Å². The van der Waals surface area contributed by atoms with E-state index in [2.05, 4.69) is 20.2 Å². The van der Waals surface area contributed by atoms with E-state index < -0.39 is 0 Å². The van der Waals surface area contributed by atoms with Crippen LogP contribution in [0.5, 0.6) is 0 Å². The summed E-state index contributed by atoms with van der Waals surface area (Å²) >= 11 is 0. The van der Waals surface area contributed by atoms with Crippen LogP contribution in [0.4, 0.5) is 16.0 Å². The standard InChI is InChI=1S/C20H21FN4O/c1-22-20-23-10-15(11-24-20)12-25(19-8-6-18(21)7-9-19)13-16-4-2-3-5-17(16)14-26/h2-11,26H,12-14H2,1H3,(H,22,23,24). The Labute approximate surface area is 152 Å². The lowest BCUT2D eigenvalue weighted by molar-refractivity contribution is 0.280. The smallest absolute Gasteiger partial charge is 0.222 e. The molecule has 0 fully saturated rings. The van der Waals surface area contributed by atoms with Crippen LogP contribution in [0, 0.1) is 5.82 Å². The van der Waals surface area contributed by atoms with Crippen LogP contribution in [0.1, 0.15) is 16.7 Å². The molecule has 0 bridgehead atoms. The van der Waals surface area contributed by atoms with E-state index in [1.165, 1.54) is 12.1 Å². The van der Waals surface area contributed by atoms with Crippen LogP contribution in [0.25, 0.3) is 0 Å². The summed E-state index contributed by atoms with van der Waals surface area (Å²) in [4.78, 5) is 10.6. The Morgan fingerprint density at radius 1 is 0.962 bits per heavy atom. The maximum absolute atomic E-state index is 13.3. The third kappa shape index (κ3) is 4.34. The quantitative estimate of drug-likeness (QED) is 0.683. The zero-order valence-corrected chi connectivity index (χ0v) is 14.6. The fourth-order valence-electron chi connectivity index (χ4n) is 2.75. The summed E-state index contributed by atoms with van der Waals surface area (Å²) in [5, 5.41) is 12.5. The van der Waals surface area contributed by atoms with E-state index in [0.29, 0.717) is 19.0 Å². The van der Waals surface area contributed by atoms with Crippen LogP contribution < -0.4 is 10.2 Å². The van der Waals surface area contributed by atoms with Crippen LogP contribution in [-0.2, 0) is 19.7 Å². The highest BCUT2D eigenvalue weighted by atomic mass is 19.1. The minimum Gasteiger partial charge on any atom is -0.392 e. The Morgan fingerprint density at radius 2 is 1.62 bits per heavy atom. The highest BCUT2D eigenvalue weighted by Gasteiger charge is 2.12. The van der Waals surface area contributed by atoms with Crippen LogP contribution in [0.2, 0.25) is 0 Å². The van der Waals surface area contributed by atoms with Crippen molar-refractivity contribution in [3.8, 4) is 0 Å². The summed E-state index contributed by atoms with van der Waals surface area (Å²) in [6.45, 7) is 1.12. The van der Waals surface area contributed by atoms with Gasteiger partial charge in [0.2, 0.25) is 5.95 Å². The molecule has 3 rings (SSSR count). The predicted octanol–water partition coefficient (Wildman–Crippen LogP) is 3.36. The van der Waals surface area contributed by atoms with Crippen molar-refractivity contribution in [1.29, 1.82) is 0 Å². The predicted molar refractivity (Wildman–Crippen MR) is 100 cm³/mol. The molecule has 26 heavy (non-hydrogen) atoms. The van der Waals surface area contributed by atoms with Crippen LogP contribution in [0.3, 0.4) is 0 Å². The molecule has 2 aromatic carbocycles. The van der Waals surface area contributed by atoms with E-state index in [1.54, 1.807) is 31.6 Å². The summed E-state index contributed by atoms with van der Waals surface area (Å²) in [5.41, 5.74) is 3.72. The molecular weight excluding hydrogens is 331 g/mol. The Morgan fingerprint density at radius 3 is 2.23 bits per heavy atom. The van der Waals surface area contributed by atoms with Gasteiger partial charge in [-0.2, -0.15) is 0 Å². The third-order valence-electron chi connectivity index (χ3n) is 4.14. The normalized spacial score (nSPS) is 10.6. The fourth-order valence-corrected chi connectivity index (χ4v) is 2.75. The van der Waals surface area contributed by atoms with Crippen molar-refractivity contribution in [3.63, 3.8) is 0 Å². The number of aliphatic hydroxyl groups is 1. The zero-order valence-electron chi connectivity index (χ0n) is 14.6. The first kappa shape index (κ1) is 17.8. The lowest BCUT2D eigenvalue weighted by atomic mass is 10.1. The van der Waals surface area contributed by atoms with Gasteiger partial charge in [0.25, 0.3) is 0 Å². The number of halogens is 1. The van der Waals surface area contributed by atoms with Gasteiger partial charge in [0.05, 0.1) is 6.61 Å². The average molecular weight is 352 g/mol. The molecule has 2 N–H and O–H groups in total. The number of benzene rings is 2. The molecule has 5 nitrogen and oxygen atoms in total. The lowest BCUT2D eigenvalue weighted by Gasteiger charge is -2.26. The van der Waals surface area contributed by atoms with Gasteiger partial charge in [0.1, 0.15) is 5.82 Å². The molecule has 1 heterocycles. The number of nitrogens with zero attached hydrogens (tertiary/aromatic N) is 3. The molecule has 0 unspecified atom stereocenters. The highest BCUT2D eigenvalue weighted by Crippen LogP contribution is 2.22. The van der Waals surface area contributed by atoms with Gasteiger partial charge in [0.15, 0.2) is 0 Å². The average Bonchev–Trinajstić information content (AvgIpc) is 2.69. The van der Waals surface area contributed by atoms with Crippen molar-refractivity contribution in [2.24, 2.45) is 0 Å². The molecule has 134 valence electrons. The third-order valence-corrected chi connectivity index (χ3v) is 4.14. The molecule has 0 amide bonds. The second kappa shape index (κ2) is 8.40. The highest BCUT2D eigenvalue weighted by molar-refractivity contribution is 5.48. The number of nitrogens with one attached hydrogen (secondary N) is 1. The molecule has 6 heteroatoms. The van der Waals surface area contributed by atoms with Crippen molar-refractivity contribution in [2.75, 3.05) is 17.3 Å². The first-order valence-electron chi connectivity index (χ1n) is 8.36. The molecule has 0 aliphatic carbocycles. The summed E-state index contributed by atoms with van der Waals surface area (Å²) in [6.07, 6.45) is 3.54.